The Hall–Kier alpha value is -1.63. The Morgan fingerprint density at radius 1 is 1.33 bits per heavy atom. The van der Waals surface area contributed by atoms with Gasteiger partial charge in [0.2, 0.25) is 5.91 Å². The molecule has 1 amide bonds. The minimum absolute atomic E-state index is 0.0530. The van der Waals surface area contributed by atoms with Crippen molar-refractivity contribution < 1.29 is 4.79 Å². The van der Waals surface area contributed by atoms with E-state index in [1.165, 1.54) is 0 Å². The number of benzene rings is 1. The fourth-order valence-electron chi connectivity index (χ4n) is 4.08. The standard InChI is InChI=1S/C22H30Cl2N4O2/c1-6-27-19(25-18-8-7-16(24)11-17(18)20(27)29)15(3)26-9-10-28(14(2)12-26)21(30)22(4,5)13-23/h7-8,11,14-15H,6,9-10,12-13H2,1-5H3. The Labute approximate surface area is 187 Å². The molecular formula is C22H30Cl2N4O2. The Kier molecular flexibility index (Phi) is 6.80. The molecule has 2 atom stereocenters. The predicted octanol–water partition coefficient (Wildman–Crippen LogP) is 3.93. The lowest BCUT2D eigenvalue weighted by Gasteiger charge is -2.44. The van der Waals surface area contributed by atoms with Crippen LogP contribution in [0.3, 0.4) is 0 Å². The van der Waals surface area contributed by atoms with Crippen molar-refractivity contribution in [1.29, 1.82) is 0 Å². The van der Waals surface area contributed by atoms with E-state index in [2.05, 4.69) is 18.7 Å². The summed E-state index contributed by atoms with van der Waals surface area (Å²) < 4.78 is 1.72. The predicted molar refractivity (Wildman–Crippen MR) is 122 cm³/mol. The molecule has 0 bridgehead atoms. The van der Waals surface area contributed by atoms with Crippen LogP contribution in [0, 0.1) is 5.41 Å². The number of aromatic nitrogens is 2. The van der Waals surface area contributed by atoms with E-state index in [0.29, 0.717) is 48.0 Å². The monoisotopic (exact) mass is 452 g/mol. The fourth-order valence-corrected chi connectivity index (χ4v) is 4.37. The van der Waals surface area contributed by atoms with E-state index in [9.17, 15) is 9.59 Å². The van der Waals surface area contributed by atoms with Crippen molar-refractivity contribution in [1.82, 2.24) is 19.4 Å². The molecule has 2 aromatic rings. The zero-order valence-electron chi connectivity index (χ0n) is 18.3. The van der Waals surface area contributed by atoms with Gasteiger partial charge in [-0.3, -0.25) is 19.1 Å². The van der Waals surface area contributed by atoms with Gasteiger partial charge in [0.1, 0.15) is 5.82 Å². The molecule has 3 rings (SSSR count). The van der Waals surface area contributed by atoms with Crippen molar-refractivity contribution in [3.63, 3.8) is 0 Å². The number of rotatable bonds is 5. The van der Waals surface area contributed by atoms with Crippen LogP contribution in [0.15, 0.2) is 23.0 Å². The van der Waals surface area contributed by atoms with Crippen LogP contribution in [0.4, 0.5) is 0 Å². The molecule has 2 heterocycles. The van der Waals surface area contributed by atoms with Crippen molar-refractivity contribution >= 4 is 40.0 Å². The normalized spacial score (nSPS) is 19.3. The highest BCUT2D eigenvalue weighted by atomic mass is 35.5. The van der Waals surface area contributed by atoms with Gasteiger partial charge in [-0.15, -0.1) is 11.6 Å². The summed E-state index contributed by atoms with van der Waals surface area (Å²) in [5.41, 5.74) is 0.00671. The summed E-state index contributed by atoms with van der Waals surface area (Å²) in [5.74, 6) is 1.12. The van der Waals surface area contributed by atoms with E-state index in [1.54, 1.807) is 22.8 Å². The first-order chi connectivity index (χ1) is 14.1. The molecule has 0 N–H and O–H groups in total. The lowest BCUT2D eigenvalue weighted by atomic mass is 9.93. The van der Waals surface area contributed by atoms with Gasteiger partial charge in [-0.1, -0.05) is 11.6 Å². The quantitative estimate of drug-likeness (QED) is 0.644. The first-order valence-corrected chi connectivity index (χ1v) is 11.3. The number of nitrogens with zero attached hydrogens (tertiary/aromatic N) is 4. The molecule has 1 saturated heterocycles. The van der Waals surface area contributed by atoms with E-state index in [-0.39, 0.29) is 23.6 Å². The maximum Gasteiger partial charge on any atom is 0.261 e. The summed E-state index contributed by atoms with van der Waals surface area (Å²) >= 11 is 12.1. The van der Waals surface area contributed by atoms with Crippen LogP contribution >= 0.6 is 23.2 Å². The molecular weight excluding hydrogens is 423 g/mol. The van der Waals surface area contributed by atoms with Gasteiger partial charge in [0.25, 0.3) is 5.56 Å². The van der Waals surface area contributed by atoms with Crippen LogP contribution in [-0.4, -0.2) is 56.8 Å². The number of carbonyl (C=O) groups is 1. The second-order valence-electron chi connectivity index (χ2n) is 8.72. The van der Waals surface area contributed by atoms with Crippen molar-refractivity contribution in [2.45, 2.75) is 53.2 Å². The molecule has 8 heteroatoms. The molecule has 6 nitrogen and oxygen atoms in total. The summed E-state index contributed by atoms with van der Waals surface area (Å²) in [5, 5.41) is 1.06. The Morgan fingerprint density at radius 2 is 2.03 bits per heavy atom. The third-order valence-corrected chi connectivity index (χ3v) is 6.92. The van der Waals surface area contributed by atoms with Gasteiger partial charge < -0.3 is 4.90 Å². The average molecular weight is 453 g/mol. The van der Waals surface area contributed by atoms with E-state index in [4.69, 9.17) is 28.2 Å². The lowest BCUT2D eigenvalue weighted by Crippen LogP contribution is -2.57. The number of halogens is 2. The van der Waals surface area contributed by atoms with Crippen molar-refractivity contribution in [2.24, 2.45) is 5.41 Å². The number of fused-ring (bicyclic) bond motifs is 1. The number of amides is 1. The molecule has 0 spiro atoms. The van der Waals surface area contributed by atoms with Gasteiger partial charge in [-0.2, -0.15) is 0 Å². The largest absolute Gasteiger partial charge is 0.337 e. The summed E-state index contributed by atoms with van der Waals surface area (Å²) in [4.78, 5) is 35.0. The number of piperazine rings is 1. The lowest BCUT2D eigenvalue weighted by molar-refractivity contribution is -0.144. The van der Waals surface area contributed by atoms with Crippen molar-refractivity contribution in [3.05, 3.63) is 39.4 Å². The van der Waals surface area contributed by atoms with Crippen LogP contribution in [-0.2, 0) is 11.3 Å². The Balaban J connectivity index is 1.88. The average Bonchev–Trinajstić information content (AvgIpc) is 2.73. The SMILES string of the molecule is CCn1c(C(C)N2CCN(C(=O)C(C)(C)CCl)C(C)C2)nc2ccc(Cl)cc2c1=O. The number of hydrogen-bond donors (Lipinski definition) is 0. The molecule has 1 aromatic carbocycles. The molecule has 1 aliphatic heterocycles. The highest BCUT2D eigenvalue weighted by Crippen LogP contribution is 2.27. The summed E-state index contributed by atoms with van der Waals surface area (Å²) in [7, 11) is 0. The molecule has 1 aromatic heterocycles. The zero-order valence-corrected chi connectivity index (χ0v) is 19.8. The minimum Gasteiger partial charge on any atom is -0.337 e. The smallest absolute Gasteiger partial charge is 0.261 e. The number of alkyl halides is 1. The first-order valence-electron chi connectivity index (χ1n) is 10.4. The van der Waals surface area contributed by atoms with Crippen LogP contribution in [0.1, 0.15) is 46.5 Å². The zero-order chi connectivity index (χ0) is 22.2. The summed E-state index contributed by atoms with van der Waals surface area (Å²) in [6.07, 6.45) is 0. The van der Waals surface area contributed by atoms with Crippen molar-refractivity contribution in [2.75, 3.05) is 25.5 Å². The molecule has 30 heavy (non-hydrogen) atoms. The van der Waals surface area contributed by atoms with Gasteiger partial charge in [0.15, 0.2) is 0 Å². The van der Waals surface area contributed by atoms with E-state index < -0.39 is 5.41 Å². The molecule has 164 valence electrons. The molecule has 0 saturated carbocycles. The topological polar surface area (TPSA) is 58.4 Å². The third-order valence-electron chi connectivity index (χ3n) is 6.02. The van der Waals surface area contributed by atoms with Gasteiger partial charge >= 0.3 is 0 Å². The number of carbonyl (C=O) groups excluding carboxylic acids is 1. The second-order valence-corrected chi connectivity index (χ2v) is 9.42. The van der Waals surface area contributed by atoms with Crippen LogP contribution in [0.25, 0.3) is 10.9 Å². The summed E-state index contributed by atoms with van der Waals surface area (Å²) in [6.45, 7) is 12.4. The third kappa shape index (κ3) is 4.23. The van der Waals surface area contributed by atoms with Crippen LogP contribution < -0.4 is 5.56 Å². The second kappa shape index (κ2) is 8.85. The van der Waals surface area contributed by atoms with E-state index in [0.717, 1.165) is 5.82 Å². The van der Waals surface area contributed by atoms with Gasteiger partial charge in [-0.05, 0) is 52.8 Å². The minimum atomic E-state index is -0.576. The van der Waals surface area contributed by atoms with Gasteiger partial charge in [-0.25, -0.2) is 4.98 Å². The van der Waals surface area contributed by atoms with Gasteiger partial charge in [0.05, 0.1) is 22.4 Å². The van der Waals surface area contributed by atoms with Gasteiger partial charge in [0, 0.05) is 43.1 Å². The Bertz CT molecular complexity index is 1000. The highest BCUT2D eigenvalue weighted by Gasteiger charge is 2.37. The first kappa shape index (κ1) is 23.0. The molecule has 2 unspecified atom stereocenters. The van der Waals surface area contributed by atoms with E-state index in [1.807, 2.05) is 25.7 Å². The Morgan fingerprint density at radius 3 is 2.63 bits per heavy atom. The molecule has 0 aliphatic carbocycles. The highest BCUT2D eigenvalue weighted by molar-refractivity contribution is 6.31. The molecule has 0 radical (unpaired) electrons. The van der Waals surface area contributed by atoms with Crippen LogP contribution in [0.5, 0.6) is 0 Å². The molecule has 1 aliphatic rings. The number of hydrogen-bond acceptors (Lipinski definition) is 4. The van der Waals surface area contributed by atoms with Crippen LogP contribution in [0.2, 0.25) is 5.02 Å². The maximum absolute atomic E-state index is 13.0. The fraction of sp³-hybridized carbons (Fsp3) is 0.591. The summed E-state index contributed by atoms with van der Waals surface area (Å²) in [6, 6.07) is 5.23. The van der Waals surface area contributed by atoms with E-state index >= 15 is 0 Å². The molecule has 1 fully saturated rings. The van der Waals surface area contributed by atoms with Crippen molar-refractivity contribution in [3.8, 4) is 0 Å². The maximum atomic E-state index is 13.0.